The number of hydrogen-bond acceptors (Lipinski definition) is 6. The molecule has 10 aromatic rings. The Labute approximate surface area is 297 Å². The van der Waals surface area contributed by atoms with Crippen molar-refractivity contribution in [3.05, 3.63) is 163 Å². The molecule has 10 rings (SSSR count). The summed E-state index contributed by atoms with van der Waals surface area (Å²) in [6.45, 7) is 0. The van der Waals surface area contributed by atoms with Crippen LogP contribution >= 0.6 is 0 Å². The number of benzene rings is 7. The van der Waals surface area contributed by atoms with Crippen molar-refractivity contribution in [1.29, 1.82) is 5.26 Å². The first-order valence-corrected chi connectivity index (χ1v) is 17.0. The Morgan fingerprint density at radius 3 is 1.60 bits per heavy atom. The highest BCUT2D eigenvalue weighted by molar-refractivity contribution is 6.15. The third-order valence-corrected chi connectivity index (χ3v) is 9.59. The van der Waals surface area contributed by atoms with E-state index >= 15 is 0 Å². The zero-order valence-electron chi connectivity index (χ0n) is 27.6. The molecule has 3 heterocycles. The molecule has 242 valence electrons. The van der Waals surface area contributed by atoms with E-state index in [2.05, 4.69) is 78.9 Å². The Kier molecular flexibility index (Phi) is 6.76. The molecule has 0 spiro atoms. The van der Waals surface area contributed by atoms with E-state index in [-0.39, 0.29) is 0 Å². The maximum Gasteiger partial charge on any atom is 0.164 e. The molecule has 0 saturated carbocycles. The summed E-state index contributed by atoms with van der Waals surface area (Å²) in [5, 5.41) is 13.6. The van der Waals surface area contributed by atoms with Crippen molar-refractivity contribution in [3.8, 4) is 62.5 Å². The van der Waals surface area contributed by atoms with E-state index in [1.807, 2.05) is 72.8 Å². The Balaban J connectivity index is 1.07. The van der Waals surface area contributed by atoms with Gasteiger partial charge in [0.1, 0.15) is 22.3 Å². The zero-order chi connectivity index (χ0) is 34.6. The predicted molar refractivity (Wildman–Crippen MR) is 206 cm³/mol. The van der Waals surface area contributed by atoms with E-state index in [4.69, 9.17) is 23.8 Å². The first-order chi connectivity index (χ1) is 25.7. The van der Waals surface area contributed by atoms with Crippen LogP contribution in [-0.2, 0) is 0 Å². The van der Waals surface area contributed by atoms with Crippen LogP contribution in [0.1, 0.15) is 5.56 Å². The van der Waals surface area contributed by atoms with Gasteiger partial charge in [0, 0.05) is 49.4 Å². The number of nitrogens with zero attached hydrogens (tertiary/aromatic N) is 4. The molecule has 0 aliphatic heterocycles. The van der Waals surface area contributed by atoms with Crippen molar-refractivity contribution in [1.82, 2.24) is 15.0 Å². The summed E-state index contributed by atoms with van der Waals surface area (Å²) in [5.74, 6) is 1.68. The lowest BCUT2D eigenvalue weighted by molar-refractivity contribution is 0.665. The van der Waals surface area contributed by atoms with Crippen LogP contribution in [0.5, 0.6) is 0 Å². The monoisotopic (exact) mass is 666 g/mol. The van der Waals surface area contributed by atoms with Crippen LogP contribution in [-0.4, -0.2) is 15.0 Å². The quantitative estimate of drug-likeness (QED) is 0.182. The average molecular weight is 667 g/mol. The topological polar surface area (TPSA) is 88.7 Å². The molecule has 0 atom stereocenters. The second kappa shape index (κ2) is 11.9. The van der Waals surface area contributed by atoms with Gasteiger partial charge in [-0.2, -0.15) is 5.26 Å². The van der Waals surface area contributed by atoms with E-state index in [9.17, 15) is 5.26 Å². The Bertz CT molecular complexity index is 3030. The van der Waals surface area contributed by atoms with Crippen molar-refractivity contribution < 1.29 is 8.83 Å². The summed E-state index contributed by atoms with van der Waals surface area (Å²) >= 11 is 0. The maximum atomic E-state index is 9.32. The highest BCUT2D eigenvalue weighted by atomic mass is 16.3. The highest BCUT2D eigenvalue weighted by Gasteiger charge is 2.18. The van der Waals surface area contributed by atoms with Crippen LogP contribution < -0.4 is 0 Å². The van der Waals surface area contributed by atoms with E-state index < -0.39 is 0 Å². The summed E-state index contributed by atoms with van der Waals surface area (Å²) in [6, 6.07) is 54.7. The zero-order valence-corrected chi connectivity index (χ0v) is 27.6. The van der Waals surface area contributed by atoms with E-state index in [0.717, 1.165) is 82.8 Å². The summed E-state index contributed by atoms with van der Waals surface area (Å²) in [5.41, 5.74) is 10.5. The van der Waals surface area contributed by atoms with E-state index in [1.165, 1.54) is 0 Å². The van der Waals surface area contributed by atoms with Crippen molar-refractivity contribution >= 4 is 43.9 Å². The average Bonchev–Trinajstić information content (AvgIpc) is 3.79. The first-order valence-electron chi connectivity index (χ1n) is 17.0. The van der Waals surface area contributed by atoms with Crippen LogP contribution in [0, 0.1) is 11.3 Å². The molecular weight excluding hydrogens is 641 g/mol. The van der Waals surface area contributed by atoms with Crippen LogP contribution in [0.25, 0.3) is 100 Å². The van der Waals surface area contributed by atoms with Gasteiger partial charge in [0.15, 0.2) is 17.5 Å². The van der Waals surface area contributed by atoms with E-state index in [1.54, 1.807) is 12.1 Å². The predicted octanol–water partition coefficient (Wildman–Crippen LogP) is 11.9. The fourth-order valence-corrected chi connectivity index (χ4v) is 7.03. The molecule has 6 heteroatoms. The van der Waals surface area contributed by atoms with Gasteiger partial charge in [-0.25, -0.2) is 15.0 Å². The third-order valence-electron chi connectivity index (χ3n) is 9.59. The molecule has 0 bridgehead atoms. The summed E-state index contributed by atoms with van der Waals surface area (Å²) < 4.78 is 13.1. The van der Waals surface area contributed by atoms with Gasteiger partial charge in [0.05, 0.1) is 11.6 Å². The highest BCUT2D eigenvalue weighted by Crippen LogP contribution is 2.42. The Morgan fingerprint density at radius 2 is 0.885 bits per heavy atom. The molecule has 7 aromatic carbocycles. The molecule has 0 aliphatic rings. The number of fused-ring (bicyclic) bond motifs is 6. The van der Waals surface area contributed by atoms with Crippen LogP contribution in [0.15, 0.2) is 167 Å². The fourth-order valence-electron chi connectivity index (χ4n) is 7.03. The minimum Gasteiger partial charge on any atom is -0.455 e. The maximum absolute atomic E-state index is 9.32. The SMILES string of the molecule is N#Cc1ccc(-c2nc(-c3ccccc3)nc(-c3cccc(-c4ccc5c(c4)oc4c(-c6cccc7c6oc6ccccc67)cccc45)c3)n2)cc1. The number of furan rings is 2. The molecule has 3 aromatic heterocycles. The second-order valence-electron chi connectivity index (χ2n) is 12.7. The molecular formula is C46H26N4O2. The van der Waals surface area contributed by atoms with Gasteiger partial charge in [0.2, 0.25) is 0 Å². The molecule has 0 unspecified atom stereocenters. The Morgan fingerprint density at radius 1 is 0.385 bits per heavy atom. The van der Waals surface area contributed by atoms with Gasteiger partial charge >= 0.3 is 0 Å². The third kappa shape index (κ3) is 4.92. The lowest BCUT2D eigenvalue weighted by atomic mass is 9.99. The molecule has 0 saturated heterocycles. The van der Waals surface area contributed by atoms with Crippen molar-refractivity contribution in [3.63, 3.8) is 0 Å². The number of rotatable bonds is 5. The van der Waals surface area contributed by atoms with Gasteiger partial charge in [-0.1, -0.05) is 109 Å². The van der Waals surface area contributed by atoms with Crippen molar-refractivity contribution in [2.45, 2.75) is 0 Å². The molecule has 0 aliphatic carbocycles. The van der Waals surface area contributed by atoms with Gasteiger partial charge in [-0.3, -0.25) is 0 Å². The number of aromatic nitrogens is 3. The standard InChI is InChI=1S/C46H26N4O2/c47-27-28-19-21-30(22-20-28)45-48-44(29-9-2-1-3-10-29)49-46(50-45)33-12-6-11-31(25-33)32-23-24-35-37-15-8-17-39(43(37)52-41(35)26-32)38-16-7-14-36-34-13-4-5-18-40(34)51-42(36)38/h1-26H. The lowest BCUT2D eigenvalue weighted by Gasteiger charge is -2.10. The number of para-hydroxylation sites is 3. The normalized spacial score (nSPS) is 11.4. The lowest BCUT2D eigenvalue weighted by Crippen LogP contribution is -2.00. The van der Waals surface area contributed by atoms with Gasteiger partial charge in [-0.05, 0) is 59.7 Å². The van der Waals surface area contributed by atoms with Crippen molar-refractivity contribution in [2.75, 3.05) is 0 Å². The minimum absolute atomic E-state index is 0.539. The van der Waals surface area contributed by atoms with Gasteiger partial charge in [-0.15, -0.1) is 0 Å². The second-order valence-corrected chi connectivity index (χ2v) is 12.7. The smallest absolute Gasteiger partial charge is 0.164 e. The molecule has 0 radical (unpaired) electrons. The largest absolute Gasteiger partial charge is 0.455 e. The van der Waals surface area contributed by atoms with Gasteiger partial charge in [0.25, 0.3) is 0 Å². The molecule has 6 nitrogen and oxygen atoms in total. The fraction of sp³-hybridized carbons (Fsp3) is 0. The van der Waals surface area contributed by atoms with Crippen LogP contribution in [0.2, 0.25) is 0 Å². The summed E-state index contributed by atoms with van der Waals surface area (Å²) in [6.07, 6.45) is 0. The van der Waals surface area contributed by atoms with E-state index in [0.29, 0.717) is 23.0 Å². The molecule has 0 N–H and O–H groups in total. The van der Waals surface area contributed by atoms with Crippen LogP contribution in [0.4, 0.5) is 0 Å². The Hall–Kier alpha value is -7.36. The van der Waals surface area contributed by atoms with Crippen LogP contribution in [0.3, 0.4) is 0 Å². The molecule has 0 amide bonds. The number of nitriles is 1. The molecule has 52 heavy (non-hydrogen) atoms. The number of hydrogen-bond donors (Lipinski definition) is 0. The summed E-state index contributed by atoms with van der Waals surface area (Å²) in [4.78, 5) is 14.7. The minimum atomic E-state index is 0.539. The first kappa shape index (κ1) is 29.5. The van der Waals surface area contributed by atoms with Crippen molar-refractivity contribution in [2.24, 2.45) is 0 Å². The summed E-state index contributed by atoms with van der Waals surface area (Å²) in [7, 11) is 0. The van der Waals surface area contributed by atoms with Gasteiger partial charge < -0.3 is 8.83 Å². The molecule has 0 fully saturated rings.